The molecule has 0 aromatic carbocycles. The first kappa shape index (κ1) is 11.9. The molecule has 0 aliphatic carbocycles. The molecule has 0 saturated carbocycles. The van der Waals surface area contributed by atoms with Gasteiger partial charge in [0.2, 0.25) is 0 Å². The second-order valence-electron chi connectivity index (χ2n) is 4.36. The van der Waals surface area contributed by atoms with E-state index in [0.29, 0.717) is 12.5 Å². The SMILES string of the molecule is CN(CCO)CC1CN(C)CCC1O. The first-order chi connectivity index (χ1) is 6.63. The number of likely N-dealkylation sites (tertiary alicyclic amines) is 1. The van der Waals surface area contributed by atoms with Gasteiger partial charge >= 0.3 is 0 Å². The molecule has 84 valence electrons. The Morgan fingerprint density at radius 2 is 2.21 bits per heavy atom. The lowest BCUT2D eigenvalue weighted by atomic mass is 9.94. The fourth-order valence-electron chi connectivity index (χ4n) is 2.04. The fourth-order valence-corrected chi connectivity index (χ4v) is 2.04. The van der Waals surface area contributed by atoms with Crippen molar-refractivity contribution < 1.29 is 10.2 Å². The van der Waals surface area contributed by atoms with E-state index in [1.165, 1.54) is 0 Å². The summed E-state index contributed by atoms with van der Waals surface area (Å²) in [5.74, 6) is 0.324. The first-order valence-corrected chi connectivity index (χ1v) is 5.29. The summed E-state index contributed by atoms with van der Waals surface area (Å²) in [7, 11) is 4.07. The third-order valence-corrected chi connectivity index (χ3v) is 2.92. The largest absolute Gasteiger partial charge is 0.395 e. The van der Waals surface area contributed by atoms with Gasteiger partial charge in [-0.05, 0) is 20.5 Å². The number of piperidine rings is 1. The van der Waals surface area contributed by atoms with Gasteiger partial charge in [0.05, 0.1) is 12.7 Å². The lowest BCUT2D eigenvalue weighted by Gasteiger charge is -2.35. The van der Waals surface area contributed by atoms with Gasteiger partial charge < -0.3 is 20.0 Å². The maximum Gasteiger partial charge on any atom is 0.0605 e. The van der Waals surface area contributed by atoms with Gasteiger partial charge in [0, 0.05) is 32.1 Å². The molecular weight excluding hydrogens is 180 g/mol. The van der Waals surface area contributed by atoms with Gasteiger partial charge in [-0.3, -0.25) is 0 Å². The molecule has 1 aliphatic heterocycles. The van der Waals surface area contributed by atoms with Crippen LogP contribution in [0.4, 0.5) is 0 Å². The summed E-state index contributed by atoms with van der Waals surface area (Å²) in [6, 6.07) is 0. The van der Waals surface area contributed by atoms with E-state index in [1.807, 2.05) is 7.05 Å². The van der Waals surface area contributed by atoms with Gasteiger partial charge in [0.25, 0.3) is 0 Å². The maximum atomic E-state index is 9.79. The monoisotopic (exact) mass is 202 g/mol. The lowest BCUT2D eigenvalue weighted by Crippen LogP contribution is -2.46. The summed E-state index contributed by atoms with van der Waals surface area (Å²) >= 11 is 0. The molecule has 2 N–H and O–H groups in total. The highest BCUT2D eigenvalue weighted by molar-refractivity contribution is 4.80. The van der Waals surface area contributed by atoms with Crippen molar-refractivity contribution in [3.05, 3.63) is 0 Å². The van der Waals surface area contributed by atoms with E-state index in [4.69, 9.17) is 5.11 Å². The second-order valence-corrected chi connectivity index (χ2v) is 4.36. The Balaban J connectivity index is 2.33. The Hall–Kier alpha value is -0.160. The Morgan fingerprint density at radius 3 is 2.86 bits per heavy atom. The van der Waals surface area contributed by atoms with Crippen molar-refractivity contribution in [2.45, 2.75) is 12.5 Å². The lowest BCUT2D eigenvalue weighted by molar-refractivity contribution is 0.0197. The Kier molecular flexibility index (Phi) is 4.81. The number of aliphatic hydroxyl groups excluding tert-OH is 2. The molecule has 0 bridgehead atoms. The standard InChI is InChI=1S/C10H22N2O2/c1-11-4-3-10(14)9(7-11)8-12(2)5-6-13/h9-10,13-14H,3-8H2,1-2H3. The Bertz CT molecular complexity index is 166. The molecular formula is C10H22N2O2. The predicted molar refractivity (Wildman–Crippen MR) is 56.2 cm³/mol. The topological polar surface area (TPSA) is 46.9 Å². The van der Waals surface area contributed by atoms with E-state index < -0.39 is 0 Å². The first-order valence-electron chi connectivity index (χ1n) is 5.29. The molecule has 1 heterocycles. The fraction of sp³-hybridized carbons (Fsp3) is 1.00. The van der Waals surface area contributed by atoms with Crippen LogP contribution in [0.25, 0.3) is 0 Å². The van der Waals surface area contributed by atoms with Crippen LogP contribution in [0.5, 0.6) is 0 Å². The molecule has 4 heteroatoms. The van der Waals surface area contributed by atoms with Crippen LogP contribution in [-0.2, 0) is 0 Å². The van der Waals surface area contributed by atoms with Gasteiger partial charge in [0.15, 0.2) is 0 Å². The summed E-state index contributed by atoms with van der Waals surface area (Å²) in [5.41, 5.74) is 0. The molecule has 1 fully saturated rings. The van der Waals surface area contributed by atoms with Crippen molar-refractivity contribution in [3.8, 4) is 0 Å². The Labute approximate surface area is 86.1 Å². The van der Waals surface area contributed by atoms with Crippen LogP contribution in [0.2, 0.25) is 0 Å². The minimum atomic E-state index is -0.174. The highest BCUT2D eigenvalue weighted by Crippen LogP contribution is 2.16. The Morgan fingerprint density at radius 1 is 1.50 bits per heavy atom. The molecule has 4 nitrogen and oxygen atoms in total. The molecule has 0 amide bonds. The van der Waals surface area contributed by atoms with E-state index in [9.17, 15) is 5.11 Å². The van der Waals surface area contributed by atoms with E-state index in [2.05, 4.69) is 16.8 Å². The van der Waals surface area contributed by atoms with Gasteiger partial charge in [-0.25, -0.2) is 0 Å². The van der Waals surface area contributed by atoms with Gasteiger partial charge in [-0.1, -0.05) is 0 Å². The van der Waals surface area contributed by atoms with Crippen molar-refractivity contribution in [2.24, 2.45) is 5.92 Å². The van der Waals surface area contributed by atoms with Crippen LogP contribution in [0.1, 0.15) is 6.42 Å². The summed E-state index contributed by atoms with van der Waals surface area (Å²) in [4.78, 5) is 4.33. The van der Waals surface area contributed by atoms with Crippen LogP contribution >= 0.6 is 0 Å². The smallest absolute Gasteiger partial charge is 0.0605 e. The molecule has 0 radical (unpaired) electrons. The number of likely N-dealkylation sites (N-methyl/N-ethyl adjacent to an activating group) is 1. The van der Waals surface area contributed by atoms with Gasteiger partial charge in [-0.2, -0.15) is 0 Å². The molecule has 1 rings (SSSR count). The molecule has 0 spiro atoms. The summed E-state index contributed by atoms with van der Waals surface area (Å²) < 4.78 is 0. The zero-order chi connectivity index (χ0) is 10.6. The number of rotatable bonds is 4. The van der Waals surface area contributed by atoms with Crippen molar-refractivity contribution in [2.75, 3.05) is 46.9 Å². The van der Waals surface area contributed by atoms with E-state index in [-0.39, 0.29) is 12.7 Å². The van der Waals surface area contributed by atoms with Crippen molar-refractivity contribution in [1.82, 2.24) is 9.80 Å². The molecule has 1 aliphatic rings. The number of aliphatic hydroxyl groups is 2. The van der Waals surface area contributed by atoms with Crippen LogP contribution in [-0.4, -0.2) is 73.0 Å². The number of nitrogens with zero attached hydrogens (tertiary/aromatic N) is 2. The molecule has 14 heavy (non-hydrogen) atoms. The van der Waals surface area contributed by atoms with Crippen molar-refractivity contribution >= 4 is 0 Å². The minimum Gasteiger partial charge on any atom is -0.395 e. The average Bonchev–Trinajstić information content (AvgIpc) is 2.12. The zero-order valence-electron chi connectivity index (χ0n) is 9.19. The average molecular weight is 202 g/mol. The van der Waals surface area contributed by atoms with Gasteiger partial charge in [0.1, 0.15) is 0 Å². The normalized spacial score (nSPS) is 29.8. The van der Waals surface area contributed by atoms with Crippen LogP contribution in [0.15, 0.2) is 0 Å². The zero-order valence-corrected chi connectivity index (χ0v) is 9.19. The maximum absolute atomic E-state index is 9.79. The molecule has 0 aromatic rings. The minimum absolute atomic E-state index is 0.174. The molecule has 2 unspecified atom stereocenters. The third-order valence-electron chi connectivity index (χ3n) is 2.92. The van der Waals surface area contributed by atoms with Crippen molar-refractivity contribution in [3.63, 3.8) is 0 Å². The highest BCUT2D eigenvalue weighted by atomic mass is 16.3. The predicted octanol–water partition coefficient (Wildman–Crippen LogP) is -0.777. The number of hydrogen-bond acceptors (Lipinski definition) is 4. The quantitative estimate of drug-likeness (QED) is 0.628. The van der Waals surface area contributed by atoms with Crippen molar-refractivity contribution in [1.29, 1.82) is 0 Å². The summed E-state index contributed by atoms with van der Waals surface area (Å²) in [6.45, 7) is 3.69. The second kappa shape index (κ2) is 5.66. The number of hydrogen-bond donors (Lipinski definition) is 2. The van der Waals surface area contributed by atoms with E-state index in [0.717, 1.165) is 26.1 Å². The highest BCUT2D eigenvalue weighted by Gasteiger charge is 2.26. The van der Waals surface area contributed by atoms with E-state index >= 15 is 0 Å². The van der Waals surface area contributed by atoms with E-state index in [1.54, 1.807) is 0 Å². The summed E-state index contributed by atoms with van der Waals surface area (Å²) in [6.07, 6.45) is 0.695. The van der Waals surface area contributed by atoms with Crippen LogP contribution in [0, 0.1) is 5.92 Å². The summed E-state index contributed by atoms with van der Waals surface area (Å²) in [5, 5.41) is 18.6. The molecule has 0 aromatic heterocycles. The van der Waals surface area contributed by atoms with Crippen LogP contribution < -0.4 is 0 Å². The van der Waals surface area contributed by atoms with Gasteiger partial charge in [-0.15, -0.1) is 0 Å². The van der Waals surface area contributed by atoms with Crippen LogP contribution in [0.3, 0.4) is 0 Å². The molecule has 2 atom stereocenters. The molecule has 1 saturated heterocycles. The third kappa shape index (κ3) is 3.53.